The second-order valence-corrected chi connectivity index (χ2v) is 4.31. The maximum absolute atomic E-state index is 11.9. The van der Waals surface area contributed by atoms with E-state index in [2.05, 4.69) is 5.32 Å². The molecule has 6 heteroatoms. The van der Waals surface area contributed by atoms with Crippen molar-refractivity contribution in [2.45, 2.75) is 13.0 Å². The number of carboxylic acids is 1. The van der Waals surface area contributed by atoms with Crippen LogP contribution in [0.5, 0.6) is 0 Å². The molecule has 2 amide bonds. The summed E-state index contributed by atoms with van der Waals surface area (Å²) in [7, 11) is 3.19. The predicted octanol–water partition coefficient (Wildman–Crippen LogP) is 0.591. The smallest absolute Gasteiger partial charge is 0.335 e. The zero-order chi connectivity index (χ0) is 14.6. The van der Waals surface area contributed by atoms with Crippen LogP contribution in [0.15, 0.2) is 24.3 Å². The van der Waals surface area contributed by atoms with Gasteiger partial charge in [0.05, 0.1) is 5.56 Å². The summed E-state index contributed by atoms with van der Waals surface area (Å²) in [5, 5.41) is 11.4. The third kappa shape index (κ3) is 3.80. The summed E-state index contributed by atoms with van der Waals surface area (Å²) in [4.78, 5) is 35.7. The lowest BCUT2D eigenvalue weighted by molar-refractivity contribution is -0.130. The molecule has 1 aromatic carbocycles. The van der Waals surface area contributed by atoms with Crippen molar-refractivity contribution < 1.29 is 19.5 Å². The Bertz CT molecular complexity index is 511. The first-order chi connectivity index (χ1) is 8.82. The molecule has 0 aliphatic carbocycles. The molecule has 19 heavy (non-hydrogen) atoms. The van der Waals surface area contributed by atoms with Gasteiger partial charge in [0.1, 0.15) is 6.04 Å². The lowest BCUT2D eigenvalue weighted by Crippen LogP contribution is -2.44. The molecule has 0 aromatic heterocycles. The van der Waals surface area contributed by atoms with Crippen molar-refractivity contribution in [2.75, 3.05) is 14.1 Å². The number of rotatable bonds is 4. The first kappa shape index (κ1) is 14.7. The lowest BCUT2D eigenvalue weighted by Gasteiger charge is -2.18. The second-order valence-electron chi connectivity index (χ2n) is 4.31. The molecule has 1 rings (SSSR count). The largest absolute Gasteiger partial charge is 0.478 e. The number of hydrogen-bond acceptors (Lipinski definition) is 3. The monoisotopic (exact) mass is 264 g/mol. The molecule has 102 valence electrons. The van der Waals surface area contributed by atoms with E-state index < -0.39 is 17.9 Å². The number of nitrogens with zero attached hydrogens (tertiary/aromatic N) is 1. The van der Waals surface area contributed by atoms with Gasteiger partial charge in [-0.1, -0.05) is 6.07 Å². The highest BCUT2D eigenvalue weighted by Gasteiger charge is 2.18. The minimum Gasteiger partial charge on any atom is -0.478 e. The Morgan fingerprint density at radius 1 is 1.21 bits per heavy atom. The third-order valence-electron chi connectivity index (χ3n) is 2.53. The molecule has 0 unspecified atom stereocenters. The van der Waals surface area contributed by atoms with Gasteiger partial charge in [-0.05, 0) is 25.1 Å². The number of carbonyl (C=O) groups is 3. The van der Waals surface area contributed by atoms with Gasteiger partial charge in [-0.3, -0.25) is 9.59 Å². The number of amides is 2. The van der Waals surface area contributed by atoms with Gasteiger partial charge in [0, 0.05) is 19.7 Å². The van der Waals surface area contributed by atoms with Crippen LogP contribution in [0.4, 0.5) is 0 Å². The fraction of sp³-hybridized carbons (Fsp3) is 0.308. The van der Waals surface area contributed by atoms with Crippen LogP contribution in [0.1, 0.15) is 27.6 Å². The van der Waals surface area contributed by atoms with E-state index in [1.165, 1.54) is 29.2 Å². The highest BCUT2D eigenvalue weighted by molar-refractivity contribution is 5.99. The van der Waals surface area contributed by atoms with Crippen LogP contribution in [0.3, 0.4) is 0 Å². The van der Waals surface area contributed by atoms with E-state index in [1.54, 1.807) is 21.0 Å². The highest BCUT2D eigenvalue weighted by Crippen LogP contribution is 2.06. The molecule has 0 aliphatic heterocycles. The number of likely N-dealkylation sites (N-methyl/N-ethyl adjacent to an activating group) is 1. The van der Waals surface area contributed by atoms with E-state index in [1.807, 2.05) is 0 Å². The molecule has 1 aromatic rings. The Kier molecular flexibility index (Phi) is 4.63. The molecule has 0 spiro atoms. The van der Waals surface area contributed by atoms with Crippen LogP contribution in [-0.4, -0.2) is 47.9 Å². The average Bonchev–Trinajstić information content (AvgIpc) is 2.37. The molecular formula is C13H16N2O4. The summed E-state index contributed by atoms with van der Waals surface area (Å²) in [6, 6.07) is 4.97. The molecule has 6 nitrogen and oxygen atoms in total. The minimum atomic E-state index is -1.10. The SMILES string of the molecule is C[C@H](NC(=O)c1cccc(C(=O)O)c1)C(=O)N(C)C. The van der Waals surface area contributed by atoms with Crippen LogP contribution in [-0.2, 0) is 4.79 Å². The van der Waals surface area contributed by atoms with Crippen molar-refractivity contribution in [3.8, 4) is 0 Å². The van der Waals surface area contributed by atoms with E-state index in [0.717, 1.165) is 0 Å². The minimum absolute atomic E-state index is 0.0271. The van der Waals surface area contributed by atoms with Gasteiger partial charge in [0.25, 0.3) is 5.91 Å². The van der Waals surface area contributed by atoms with E-state index in [0.29, 0.717) is 0 Å². The molecule has 2 N–H and O–H groups in total. The van der Waals surface area contributed by atoms with Crippen molar-refractivity contribution in [3.05, 3.63) is 35.4 Å². The second kappa shape index (κ2) is 5.99. The van der Waals surface area contributed by atoms with Crippen molar-refractivity contribution in [3.63, 3.8) is 0 Å². The van der Waals surface area contributed by atoms with Gasteiger partial charge < -0.3 is 15.3 Å². The van der Waals surface area contributed by atoms with Gasteiger partial charge in [0.2, 0.25) is 5.91 Å². The lowest BCUT2D eigenvalue weighted by atomic mass is 10.1. The maximum atomic E-state index is 11.9. The molecule has 0 saturated carbocycles. The highest BCUT2D eigenvalue weighted by atomic mass is 16.4. The first-order valence-electron chi connectivity index (χ1n) is 5.68. The Balaban J connectivity index is 2.81. The van der Waals surface area contributed by atoms with Gasteiger partial charge in [-0.15, -0.1) is 0 Å². The first-order valence-corrected chi connectivity index (χ1v) is 5.68. The number of hydrogen-bond donors (Lipinski definition) is 2. The normalized spacial score (nSPS) is 11.5. The zero-order valence-corrected chi connectivity index (χ0v) is 11.0. The van der Waals surface area contributed by atoms with Gasteiger partial charge in [-0.25, -0.2) is 4.79 Å². The maximum Gasteiger partial charge on any atom is 0.335 e. The van der Waals surface area contributed by atoms with Crippen molar-refractivity contribution >= 4 is 17.8 Å². The summed E-state index contributed by atoms with van der Waals surface area (Å²) < 4.78 is 0. The number of benzene rings is 1. The van der Waals surface area contributed by atoms with E-state index in [4.69, 9.17) is 5.11 Å². The Morgan fingerprint density at radius 2 is 1.79 bits per heavy atom. The Labute approximate surface area is 111 Å². The molecule has 0 aliphatic rings. The van der Waals surface area contributed by atoms with E-state index in [9.17, 15) is 14.4 Å². The summed E-state index contributed by atoms with van der Waals surface area (Å²) >= 11 is 0. The van der Waals surface area contributed by atoms with E-state index in [-0.39, 0.29) is 17.0 Å². The Hall–Kier alpha value is -2.37. The standard InChI is InChI=1S/C13H16N2O4/c1-8(12(17)15(2)3)14-11(16)9-5-4-6-10(7-9)13(18)19/h4-8H,1-3H3,(H,14,16)(H,18,19)/t8-/m0/s1. The van der Waals surface area contributed by atoms with Crippen LogP contribution in [0, 0.1) is 0 Å². The van der Waals surface area contributed by atoms with Gasteiger partial charge in [0.15, 0.2) is 0 Å². The molecule has 0 radical (unpaired) electrons. The number of carboxylic acid groups (broad SMARTS) is 1. The molecule has 0 saturated heterocycles. The number of carbonyl (C=O) groups excluding carboxylic acids is 2. The fourth-order valence-electron chi connectivity index (χ4n) is 1.52. The molecule has 0 fully saturated rings. The van der Waals surface area contributed by atoms with Crippen molar-refractivity contribution in [2.24, 2.45) is 0 Å². The van der Waals surface area contributed by atoms with Crippen LogP contribution >= 0.6 is 0 Å². The summed E-state index contributed by atoms with van der Waals surface area (Å²) in [6.07, 6.45) is 0. The zero-order valence-electron chi connectivity index (χ0n) is 11.0. The molecular weight excluding hydrogens is 248 g/mol. The molecule has 1 atom stereocenters. The molecule has 0 bridgehead atoms. The topological polar surface area (TPSA) is 86.7 Å². The van der Waals surface area contributed by atoms with Gasteiger partial charge in [-0.2, -0.15) is 0 Å². The Morgan fingerprint density at radius 3 is 2.32 bits per heavy atom. The summed E-state index contributed by atoms with van der Waals surface area (Å²) in [5.41, 5.74) is 0.234. The predicted molar refractivity (Wildman–Crippen MR) is 69.0 cm³/mol. The fourth-order valence-corrected chi connectivity index (χ4v) is 1.52. The number of aromatic carboxylic acids is 1. The number of nitrogens with one attached hydrogen (secondary N) is 1. The van der Waals surface area contributed by atoms with Crippen LogP contribution < -0.4 is 5.32 Å². The van der Waals surface area contributed by atoms with Crippen molar-refractivity contribution in [1.82, 2.24) is 10.2 Å². The molecule has 0 heterocycles. The van der Waals surface area contributed by atoms with Crippen LogP contribution in [0.2, 0.25) is 0 Å². The average molecular weight is 264 g/mol. The quantitative estimate of drug-likeness (QED) is 0.833. The van der Waals surface area contributed by atoms with Gasteiger partial charge >= 0.3 is 5.97 Å². The van der Waals surface area contributed by atoms with Crippen LogP contribution in [0.25, 0.3) is 0 Å². The third-order valence-corrected chi connectivity index (χ3v) is 2.53. The summed E-state index contributed by atoms with van der Waals surface area (Å²) in [5.74, 6) is -1.82. The summed E-state index contributed by atoms with van der Waals surface area (Å²) in [6.45, 7) is 1.57. The van der Waals surface area contributed by atoms with Crippen molar-refractivity contribution in [1.29, 1.82) is 0 Å². The van der Waals surface area contributed by atoms with E-state index >= 15 is 0 Å².